The van der Waals surface area contributed by atoms with Gasteiger partial charge in [-0.3, -0.25) is 0 Å². The molecule has 1 aliphatic rings. The van der Waals surface area contributed by atoms with Crippen LogP contribution in [0.2, 0.25) is 0 Å². The minimum atomic E-state index is -0.518. The molecule has 3 aromatic rings. The van der Waals surface area contributed by atoms with E-state index in [-0.39, 0.29) is 5.88 Å². The van der Waals surface area contributed by atoms with Crippen LogP contribution in [0.3, 0.4) is 0 Å². The zero-order valence-corrected chi connectivity index (χ0v) is 18.7. The maximum atomic E-state index is 12.3. The molecule has 0 saturated heterocycles. The fraction of sp³-hybridized carbons (Fsp3) is 0.143. The normalized spacial score (nSPS) is 14.8. The third-order valence-corrected chi connectivity index (χ3v) is 5.31. The third kappa shape index (κ3) is 4.94. The number of carbonyl (C=O) groups excluding carboxylic acids is 1. The number of nitrogens with two attached hydrogens (primary N) is 1. The number of carbonyl (C=O) groups is 1. The molecule has 6 heteroatoms. The molecule has 1 atom stereocenters. The van der Waals surface area contributed by atoms with E-state index < -0.39 is 11.9 Å². The van der Waals surface area contributed by atoms with Gasteiger partial charge in [0.2, 0.25) is 5.88 Å². The standard InChI is InChI=1S/C28H24N2O4/c1-2-16-32-24-11-7-6-10-21(24)27-22-14-13-20(17-25(22)34-28(30)23(27)18-29)33-26(31)15-12-19-8-4-3-5-9-19/h3-15,17,27H,2,16,30H2,1H3/b15-12+. The highest BCUT2D eigenvalue weighted by atomic mass is 16.5. The molecule has 0 fully saturated rings. The van der Waals surface area contributed by atoms with Crippen molar-refractivity contribution in [1.82, 2.24) is 0 Å². The number of para-hydroxylation sites is 1. The van der Waals surface area contributed by atoms with Crippen molar-refractivity contribution in [2.45, 2.75) is 19.3 Å². The zero-order chi connectivity index (χ0) is 23.9. The molecule has 6 nitrogen and oxygen atoms in total. The van der Waals surface area contributed by atoms with Crippen LogP contribution in [0.4, 0.5) is 0 Å². The Balaban J connectivity index is 1.64. The van der Waals surface area contributed by atoms with Crippen LogP contribution in [0.1, 0.15) is 36.0 Å². The molecule has 1 heterocycles. The molecular weight excluding hydrogens is 428 g/mol. The van der Waals surface area contributed by atoms with Crippen LogP contribution in [-0.4, -0.2) is 12.6 Å². The van der Waals surface area contributed by atoms with Crippen molar-refractivity contribution in [3.8, 4) is 23.3 Å². The second kappa shape index (κ2) is 10.4. The number of rotatable bonds is 7. The fourth-order valence-corrected chi connectivity index (χ4v) is 3.76. The molecule has 3 aromatic carbocycles. The summed E-state index contributed by atoms with van der Waals surface area (Å²) in [5.41, 5.74) is 8.86. The first kappa shape index (κ1) is 22.7. The molecule has 0 aliphatic carbocycles. The van der Waals surface area contributed by atoms with Crippen LogP contribution in [0.15, 0.2) is 90.3 Å². The average molecular weight is 453 g/mol. The average Bonchev–Trinajstić information content (AvgIpc) is 2.86. The van der Waals surface area contributed by atoms with E-state index in [9.17, 15) is 10.1 Å². The van der Waals surface area contributed by atoms with Crippen molar-refractivity contribution >= 4 is 12.0 Å². The number of esters is 1. The maximum absolute atomic E-state index is 12.3. The number of ether oxygens (including phenoxy) is 3. The number of hydrogen-bond acceptors (Lipinski definition) is 6. The molecule has 170 valence electrons. The molecule has 2 N–H and O–H groups in total. The lowest BCUT2D eigenvalue weighted by Gasteiger charge is -2.28. The number of hydrogen-bond donors (Lipinski definition) is 1. The highest BCUT2D eigenvalue weighted by Gasteiger charge is 2.32. The summed E-state index contributed by atoms with van der Waals surface area (Å²) < 4.78 is 17.1. The maximum Gasteiger partial charge on any atom is 0.336 e. The Bertz CT molecular complexity index is 1290. The molecule has 0 amide bonds. The van der Waals surface area contributed by atoms with E-state index in [0.29, 0.717) is 29.4 Å². The van der Waals surface area contributed by atoms with Crippen molar-refractivity contribution in [1.29, 1.82) is 5.26 Å². The number of nitriles is 1. The SMILES string of the molecule is CCCOc1ccccc1C1C(C#N)=C(N)Oc2cc(OC(=O)/C=C/c3ccccc3)ccc21. The summed E-state index contributed by atoms with van der Waals surface area (Å²) in [6.07, 6.45) is 3.90. The largest absolute Gasteiger partial charge is 0.493 e. The second-order valence-electron chi connectivity index (χ2n) is 7.68. The van der Waals surface area contributed by atoms with Crippen LogP contribution in [0, 0.1) is 11.3 Å². The van der Waals surface area contributed by atoms with Gasteiger partial charge in [-0.2, -0.15) is 5.26 Å². The molecule has 34 heavy (non-hydrogen) atoms. The van der Waals surface area contributed by atoms with E-state index in [2.05, 4.69) is 6.07 Å². The number of allylic oxidation sites excluding steroid dienone is 1. The Kier molecular flexibility index (Phi) is 6.95. The predicted molar refractivity (Wildman–Crippen MR) is 129 cm³/mol. The zero-order valence-electron chi connectivity index (χ0n) is 18.7. The summed E-state index contributed by atoms with van der Waals surface area (Å²) in [6.45, 7) is 2.59. The molecule has 0 spiro atoms. The Morgan fingerprint density at radius 2 is 1.85 bits per heavy atom. The van der Waals surface area contributed by atoms with Gasteiger partial charge >= 0.3 is 5.97 Å². The quantitative estimate of drug-likeness (QED) is 0.296. The van der Waals surface area contributed by atoms with Crippen LogP contribution in [-0.2, 0) is 4.79 Å². The summed E-state index contributed by atoms with van der Waals surface area (Å²) in [5, 5.41) is 9.83. The summed E-state index contributed by atoms with van der Waals surface area (Å²) in [7, 11) is 0. The van der Waals surface area contributed by atoms with Gasteiger partial charge in [0.15, 0.2) is 0 Å². The Hall–Kier alpha value is -4.50. The van der Waals surface area contributed by atoms with Crippen molar-refractivity contribution in [2.24, 2.45) is 5.73 Å². The van der Waals surface area contributed by atoms with Crippen LogP contribution >= 0.6 is 0 Å². The molecular formula is C28H24N2O4. The lowest BCUT2D eigenvalue weighted by molar-refractivity contribution is -0.128. The van der Waals surface area contributed by atoms with E-state index in [0.717, 1.165) is 23.1 Å². The van der Waals surface area contributed by atoms with E-state index in [1.54, 1.807) is 24.3 Å². The minimum Gasteiger partial charge on any atom is -0.493 e. The third-order valence-electron chi connectivity index (χ3n) is 5.31. The van der Waals surface area contributed by atoms with Gasteiger partial charge in [-0.25, -0.2) is 4.79 Å². The molecule has 4 rings (SSSR count). The van der Waals surface area contributed by atoms with E-state index in [4.69, 9.17) is 19.9 Å². The lowest BCUT2D eigenvalue weighted by atomic mass is 9.83. The molecule has 1 unspecified atom stereocenters. The Labute approximate surface area is 198 Å². The van der Waals surface area contributed by atoms with Gasteiger partial charge in [0, 0.05) is 23.3 Å². The first-order valence-corrected chi connectivity index (χ1v) is 11.0. The monoisotopic (exact) mass is 452 g/mol. The van der Waals surface area contributed by atoms with Gasteiger partial charge in [0.25, 0.3) is 0 Å². The predicted octanol–water partition coefficient (Wildman–Crippen LogP) is 5.31. The van der Waals surface area contributed by atoms with Gasteiger partial charge < -0.3 is 19.9 Å². The lowest BCUT2D eigenvalue weighted by Crippen LogP contribution is -2.21. The van der Waals surface area contributed by atoms with Crippen LogP contribution < -0.4 is 19.9 Å². The fourth-order valence-electron chi connectivity index (χ4n) is 3.76. The number of nitrogens with zero attached hydrogens (tertiary/aromatic N) is 1. The molecule has 0 aromatic heterocycles. The van der Waals surface area contributed by atoms with Crippen LogP contribution in [0.25, 0.3) is 6.08 Å². The van der Waals surface area contributed by atoms with E-state index in [1.165, 1.54) is 6.08 Å². The van der Waals surface area contributed by atoms with Crippen molar-refractivity contribution in [3.63, 3.8) is 0 Å². The van der Waals surface area contributed by atoms with Gasteiger partial charge in [-0.15, -0.1) is 0 Å². The summed E-state index contributed by atoms with van der Waals surface area (Å²) >= 11 is 0. The molecule has 1 aliphatic heterocycles. The Morgan fingerprint density at radius 1 is 1.09 bits per heavy atom. The molecule has 0 radical (unpaired) electrons. The second-order valence-corrected chi connectivity index (χ2v) is 7.68. The smallest absolute Gasteiger partial charge is 0.336 e. The highest BCUT2D eigenvalue weighted by molar-refractivity contribution is 5.88. The molecule has 0 saturated carbocycles. The van der Waals surface area contributed by atoms with Crippen molar-refractivity contribution in [2.75, 3.05) is 6.61 Å². The Morgan fingerprint density at radius 3 is 2.62 bits per heavy atom. The van der Waals surface area contributed by atoms with E-state index in [1.807, 2.05) is 61.5 Å². The van der Waals surface area contributed by atoms with Gasteiger partial charge in [0.05, 0.1) is 12.5 Å². The first-order chi connectivity index (χ1) is 16.6. The first-order valence-electron chi connectivity index (χ1n) is 11.0. The summed E-state index contributed by atoms with van der Waals surface area (Å²) in [6, 6.07) is 24.3. The minimum absolute atomic E-state index is 0.0118. The van der Waals surface area contributed by atoms with Crippen molar-refractivity contribution in [3.05, 3.63) is 107 Å². The number of benzene rings is 3. The summed E-state index contributed by atoms with van der Waals surface area (Å²) in [5.74, 6) is 0.440. The number of fused-ring (bicyclic) bond motifs is 1. The van der Waals surface area contributed by atoms with Gasteiger partial charge in [-0.1, -0.05) is 61.5 Å². The molecule has 0 bridgehead atoms. The van der Waals surface area contributed by atoms with Gasteiger partial charge in [-0.05, 0) is 30.2 Å². The van der Waals surface area contributed by atoms with Gasteiger partial charge in [0.1, 0.15) is 28.9 Å². The van der Waals surface area contributed by atoms with E-state index >= 15 is 0 Å². The highest BCUT2D eigenvalue weighted by Crippen LogP contribution is 2.45. The van der Waals surface area contributed by atoms with Crippen LogP contribution in [0.5, 0.6) is 17.2 Å². The topological polar surface area (TPSA) is 94.6 Å². The summed E-state index contributed by atoms with van der Waals surface area (Å²) in [4.78, 5) is 12.3. The van der Waals surface area contributed by atoms with Crippen molar-refractivity contribution < 1.29 is 19.0 Å².